The van der Waals surface area contributed by atoms with Crippen molar-refractivity contribution < 1.29 is 8.78 Å². The van der Waals surface area contributed by atoms with Gasteiger partial charge in [-0.3, -0.25) is 0 Å². The lowest BCUT2D eigenvalue weighted by atomic mass is 9.84. The van der Waals surface area contributed by atoms with Crippen LogP contribution in [0.3, 0.4) is 0 Å². The summed E-state index contributed by atoms with van der Waals surface area (Å²) in [6, 6.07) is 2.49. The lowest BCUT2D eigenvalue weighted by molar-refractivity contribution is 0.453. The van der Waals surface area contributed by atoms with Gasteiger partial charge in [0.25, 0.3) is 0 Å². The van der Waals surface area contributed by atoms with Crippen LogP contribution in [0.15, 0.2) is 16.6 Å². The van der Waals surface area contributed by atoms with E-state index in [-0.39, 0.29) is 12.1 Å². The third-order valence-corrected chi connectivity index (χ3v) is 2.65. The highest BCUT2D eigenvalue weighted by atomic mass is 79.9. The van der Waals surface area contributed by atoms with Crippen molar-refractivity contribution in [1.82, 2.24) is 0 Å². The lowest BCUT2D eigenvalue weighted by Gasteiger charge is -2.24. The fourth-order valence-electron chi connectivity index (χ4n) is 1.29. The molecular formula is C10H12BrF2N. The second-order valence-corrected chi connectivity index (χ2v) is 4.75. The van der Waals surface area contributed by atoms with Crippen molar-refractivity contribution in [3.63, 3.8) is 0 Å². The van der Waals surface area contributed by atoms with E-state index in [0.29, 0.717) is 4.47 Å². The Morgan fingerprint density at radius 2 is 1.71 bits per heavy atom. The SMILES string of the molecule is CC(C)(CN)c1c(F)cc(Br)cc1F. The van der Waals surface area contributed by atoms with Crippen molar-refractivity contribution in [2.75, 3.05) is 6.54 Å². The van der Waals surface area contributed by atoms with Crippen LogP contribution in [0, 0.1) is 11.6 Å². The van der Waals surface area contributed by atoms with E-state index in [1.807, 2.05) is 0 Å². The van der Waals surface area contributed by atoms with Gasteiger partial charge in [0.05, 0.1) is 0 Å². The molecule has 2 N–H and O–H groups in total. The molecule has 0 aliphatic carbocycles. The van der Waals surface area contributed by atoms with E-state index >= 15 is 0 Å². The van der Waals surface area contributed by atoms with Gasteiger partial charge in [-0.15, -0.1) is 0 Å². The maximum atomic E-state index is 13.5. The van der Waals surface area contributed by atoms with Gasteiger partial charge < -0.3 is 5.73 Å². The lowest BCUT2D eigenvalue weighted by Crippen LogP contribution is -2.30. The number of halogens is 3. The minimum Gasteiger partial charge on any atom is -0.330 e. The Bertz CT molecular complexity index is 327. The van der Waals surface area contributed by atoms with E-state index in [2.05, 4.69) is 15.9 Å². The summed E-state index contributed by atoms with van der Waals surface area (Å²) in [5.74, 6) is -1.13. The summed E-state index contributed by atoms with van der Waals surface area (Å²) in [5.41, 5.74) is 4.83. The van der Waals surface area contributed by atoms with Gasteiger partial charge in [-0.2, -0.15) is 0 Å². The summed E-state index contributed by atoms with van der Waals surface area (Å²) in [6.07, 6.45) is 0. The highest BCUT2D eigenvalue weighted by Crippen LogP contribution is 2.29. The first-order valence-electron chi connectivity index (χ1n) is 4.23. The van der Waals surface area contributed by atoms with Crippen LogP contribution in [-0.4, -0.2) is 6.54 Å². The van der Waals surface area contributed by atoms with Crippen LogP contribution < -0.4 is 5.73 Å². The van der Waals surface area contributed by atoms with Gasteiger partial charge in [-0.1, -0.05) is 29.8 Å². The van der Waals surface area contributed by atoms with Gasteiger partial charge >= 0.3 is 0 Å². The molecule has 1 nitrogen and oxygen atoms in total. The van der Waals surface area contributed by atoms with E-state index in [1.54, 1.807) is 13.8 Å². The van der Waals surface area contributed by atoms with E-state index < -0.39 is 17.0 Å². The predicted molar refractivity (Wildman–Crippen MR) is 56.1 cm³/mol. The molecule has 78 valence electrons. The highest BCUT2D eigenvalue weighted by molar-refractivity contribution is 9.10. The minimum atomic E-state index is -0.686. The minimum absolute atomic E-state index is 0.0446. The van der Waals surface area contributed by atoms with Gasteiger partial charge in [-0.05, 0) is 12.1 Å². The highest BCUT2D eigenvalue weighted by Gasteiger charge is 2.26. The van der Waals surface area contributed by atoms with Crippen LogP contribution in [0.2, 0.25) is 0 Å². The topological polar surface area (TPSA) is 26.0 Å². The van der Waals surface area contributed by atoms with Crippen LogP contribution in [0.4, 0.5) is 8.78 Å². The monoisotopic (exact) mass is 263 g/mol. The second-order valence-electron chi connectivity index (χ2n) is 3.83. The van der Waals surface area contributed by atoms with Crippen molar-refractivity contribution >= 4 is 15.9 Å². The Morgan fingerprint density at radius 3 is 2.07 bits per heavy atom. The molecule has 0 radical (unpaired) electrons. The zero-order valence-electron chi connectivity index (χ0n) is 8.07. The Labute approximate surface area is 90.4 Å². The van der Waals surface area contributed by atoms with E-state index in [1.165, 1.54) is 12.1 Å². The zero-order valence-corrected chi connectivity index (χ0v) is 9.66. The number of rotatable bonds is 2. The summed E-state index contributed by atoms with van der Waals surface area (Å²) >= 11 is 3.02. The molecule has 0 heterocycles. The van der Waals surface area contributed by atoms with Gasteiger partial charge in [0, 0.05) is 22.0 Å². The molecule has 0 amide bonds. The molecule has 0 atom stereocenters. The van der Waals surface area contributed by atoms with Crippen molar-refractivity contribution in [3.8, 4) is 0 Å². The Hall–Kier alpha value is -0.480. The average Bonchev–Trinajstić information content (AvgIpc) is 2.01. The molecule has 0 saturated heterocycles. The van der Waals surface area contributed by atoms with Crippen molar-refractivity contribution in [2.24, 2.45) is 5.73 Å². The molecule has 14 heavy (non-hydrogen) atoms. The second kappa shape index (κ2) is 3.95. The van der Waals surface area contributed by atoms with Crippen LogP contribution in [0.25, 0.3) is 0 Å². The van der Waals surface area contributed by atoms with Crippen LogP contribution in [0.5, 0.6) is 0 Å². The van der Waals surface area contributed by atoms with Gasteiger partial charge in [0.2, 0.25) is 0 Å². The Balaban J connectivity index is 3.35. The third kappa shape index (κ3) is 2.12. The maximum absolute atomic E-state index is 13.5. The number of hydrogen-bond donors (Lipinski definition) is 1. The first kappa shape index (κ1) is 11.6. The summed E-state index contributed by atoms with van der Waals surface area (Å²) in [7, 11) is 0. The van der Waals surface area contributed by atoms with Crippen molar-refractivity contribution in [2.45, 2.75) is 19.3 Å². The van der Waals surface area contributed by atoms with Crippen LogP contribution in [0.1, 0.15) is 19.4 Å². The Morgan fingerprint density at radius 1 is 1.29 bits per heavy atom. The fraction of sp³-hybridized carbons (Fsp3) is 0.400. The van der Waals surface area contributed by atoms with Crippen LogP contribution in [-0.2, 0) is 5.41 Å². The molecule has 0 aliphatic heterocycles. The van der Waals surface area contributed by atoms with Gasteiger partial charge in [0.1, 0.15) is 11.6 Å². The van der Waals surface area contributed by atoms with Crippen molar-refractivity contribution in [3.05, 3.63) is 33.8 Å². The quantitative estimate of drug-likeness (QED) is 0.873. The number of benzene rings is 1. The van der Waals surface area contributed by atoms with E-state index in [4.69, 9.17) is 5.73 Å². The van der Waals surface area contributed by atoms with E-state index in [0.717, 1.165) is 0 Å². The first-order valence-corrected chi connectivity index (χ1v) is 5.03. The molecule has 0 fully saturated rings. The average molecular weight is 264 g/mol. The standard InChI is InChI=1S/C10H12BrF2N/c1-10(2,5-14)9-7(12)3-6(11)4-8(9)13/h3-4H,5,14H2,1-2H3. The normalized spacial score (nSPS) is 11.9. The summed E-state index contributed by atoms with van der Waals surface area (Å²) < 4.78 is 27.3. The molecule has 1 rings (SSSR count). The molecule has 1 aromatic carbocycles. The van der Waals surface area contributed by atoms with Crippen molar-refractivity contribution in [1.29, 1.82) is 0 Å². The van der Waals surface area contributed by atoms with Gasteiger partial charge in [0.15, 0.2) is 0 Å². The Kier molecular flexibility index (Phi) is 3.27. The molecule has 0 aromatic heterocycles. The number of nitrogens with two attached hydrogens (primary N) is 1. The number of hydrogen-bond acceptors (Lipinski definition) is 1. The largest absolute Gasteiger partial charge is 0.330 e. The zero-order chi connectivity index (χ0) is 10.9. The molecule has 0 spiro atoms. The molecule has 0 aliphatic rings. The smallest absolute Gasteiger partial charge is 0.131 e. The molecule has 0 saturated carbocycles. The molecule has 0 bridgehead atoms. The molecule has 4 heteroatoms. The summed E-state index contributed by atoms with van der Waals surface area (Å²) in [4.78, 5) is 0. The van der Waals surface area contributed by atoms with Gasteiger partial charge in [-0.25, -0.2) is 8.78 Å². The summed E-state index contributed by atoms with van der Waals surface area (Å²) in [6.45, 7) is 3.62. The van der Waals surface area contributed by atoms with Crippen LogP contribution >= 0.6 is 15.9 Å². The fourth-order valence-corrected chi connectivity index (χ4v) is 1.69. The summed E-state index contributed by atoms with van der Waals surface area (Å²) in [5, 5.41) is 0. The van der Waals surface area contributed by atoms with E-state index in [9.17, 15) is 8.78 Å². The maximum Gasteiger partial charge on any atom is 0.131 e. The molecular weight excluding hydrogens is 252 g/mol. The molecule has 0 unspecified atom stereocenters. The third-order valence-electron chi connectivity index (χ3n) is 2.19. The molecule has 1 aromatic rings. The predicted octanol–water partition coefficient (Wildman–Crippen LogP) is 2.96. The first-order chi connectivity index (χ1) is 6.38.